The average molecular weight is 346 g/mol. The topological polar surface area (TPSA) is 51.2 Å². The van der Waals surface area contributed by atoms with Crippen LogP contribution in [0.2, 0.25) is 0 Å². The first-order valence-corrected chi connectivity index (χ1v) is 8.62. The van der Waals surface area contributed by atoms with E-state index in [9.17, 15) is 4.79 Å². The molecule has 2 aliphatic rings. The van der Waals surface area contributed by atoms with Crippen LogP contribution in [0.3, 0.4) is 0 Å². The van der Waals surface area contributed by atoms with Gasteiger partial charge in [-0.05, 0) is 25.5 Å². The highest BCUT2D eigenvalue weighted by Gasteiger charge is 2.35. The minimum Gasteiger partial charge on any atom is -0.497 e. The van der Waals surface area contributed by atoms with Crippen LogP contribution in [0.5, 0.6) is 11.5 Å². The lowest BCUT2D eigenvalue weighted by Crippen LogP contribution is -2.41. The van der Waals surface area contributed by atoms with Gasteiger partial charge in [-0.15, -0.1) is 0 Å². The van der Waals surface area contributed by atoms with E-state index in [1.165, 1.54) is 5.57 Å². The Morgan fingerprint density at radius 1 is 1.24 bits per heavy atom. The molecule has 1 aromatic rings. The first-order valence-electron chi connectivity index (χ1n) is 8.62. The molecule has 0 spiro atoms. The molecule has 136 valence electrons. The minimum absolute atomic E-state index is 0.111. The Morgan fingerprint density at radius 2 is 1.96 bits per heavy atom. The van der Waals surface area contributed by atoms with Crippen LogP contribution in [0.15, 0.2) is 29.8 Å². The van der Waals surface area contributed by atoms with Gasteiger partial charge in [-0.1, -0.05) is 6.08 Å². The number of benzene rings is 1. The molecule has 0 aliphatic carbocycles. The molecule has 25 heavy (non-hydrogen) atoms. The molecule has 0 aromatic heterocycles. The fraction of sp³-hybridized carbons (Fsp3) is 0.526. The summed E-state index contributed by atoms with van der Waals surface area (Å²) in [5.74, 6) is 1.49. The van der Waals surface area contributed by atoms with Crippen molar-refractivity contribution in [1.29, 1.82) is 0 Å². The molecule has 1 saturated heterocycles. The number of methoxy groups -OCH3 is 2. The molecule has 0 bridgehead atoms. The van der Waals surface area contributed by atoms with Gasteiger partial charge in [0.1, 0.15) is 11.5 Å². The van der Waals surface area contributed by atoms with Gasteiger partial charge in [0.05, 0.1) is 39.2 Å². The van der Waals surface area contributed by atoms with Crippen LogP contribution >= 0.6 is 0 Å². The Morgan fingerprint density at radius 3 is 2.56 bits per heavy atom. The Hall–Kier alpha value is -2.05. The molecular weight excluding hydrogens is 320 g/mol. The number of hydrogen-bond acceptors (Lipinski definition) is 5. The smallest absolute Gasteiger partial charge is 0.244 e. The van der Waals surface area contributed by atoms with Gasteiger partial charge in [0.15, 0.2) is 0 Å². The summed E-state index contributed by atoms with van der Waals surface area (Å²) in [4.78, 5) is 16.9. The van der Waals surface area contributed by atoms with Crippen molar-refractivity contribution in [3.63, 3.8) is 0 Å². The predicted octanol–water partition coefficient (Wildman–Crippen LogP) is 2.09. The summed E-state index contributed by atoms with van der Waals surface area (Å²) in [7, 11) is 5.23. The average Bonchev–Trinajstić information content (AvgIpc) is 3.03. The number of carbonyl (C=O) groups is 1. The summed E-state index contributed by atoms with van der Waals surface area (Å²) in [5.41, 5.74) is 2.07. The molecular formula is C19H26N2O4. The highest BCUT2D eigenvalue weighted by Crippen LogP contribution is 2.31. The summed E-state index contributed by atoms with van der Waals surface area (Å²) < 4.78 is 16.1. The van der Waals surface area contributed by atoms with Gasteiger partial charge < -0.3 is 19.1 Å². The molecule has 6 nitrogen and oxygen atoms in total. The zero-order valence-corrected chi connectivity index (χ0v) is 15.2. The number of rotatable bonds is 6. The number of hydrogen-bond donors (Lipinski definition) is 0. The third kappa shape index (κ3) is 3.96. The van der Waals surface area contributed by atoms with E-state index in [4.69, 9.17) is 14.2 Å². The molecule has 1 unspecified atom stereocenters. The van der Waals surface area contributed by atoms with E-state index < -0.39 is 0 Å². The van der Waals surface area contributed by atoms with Gasteiger partial charge in [-0.3, -0.25) is 9.69 Å². The van der Waals surface area contributed by atoms with Crippen LogP contribution in [-0.2, 0) is 9.53 Å². The molecule has 2 aliphatic heterocycles. The summed E-state index contributed by atoms with van der Waals surface area (Å²) >= 11 is 0. The zero-order valence-electron chi connectivity index (χ0n) is 15.2. The van der Waals surface area contributed by atoms with E-state index in [1.807, 2.05) is 30.1 Å². The van der Waals surface area contributed by atoms with Crippen molar-refractivity contribution in [3.05, 3.63) is 29.8 Å². The lowest BCUT2D eigenvalue weighted by atomic mass is 10.1. The maximum Gasteiger partial charge on any atom is 0.244 e. The van der Waals surface area contributed by atoms with Crippen molar-refractivity contribution in [1.82, 2.24) is 4.90 Å². The number of likely N-dealkylation sites (N-methyl/N-ethyl adjacent to an activating group) is 1. The highest BCUT2D eigenvalue weighted by atomic mass is 16.5. The van der Waals surface area contributed by atoms with Crippen LogP contribution in [0.25, 0.3) is 0 Å². The van der Waals surface area contributed by atoms with Gasteiger partial charge in [-0.25, -0.2) is 0 Å². The standard InChI is InChI=1S/C19H26N2O4/c1-20(12-14-5-4-8-25-13-14)18-6-7-21(19(18)22)15-9-16(23-2)11-17(10-15)24-3/h5,9-11,18H,4,6-8,12-13H2,1-3H3. The Bertz CT molecular complexity index is 637. The molecule has 0 saturated carbocycles. The Labute approximate surface area is 148 Å². The molecule has 1 atom stereocenters. The summed E-state index contributed by atoms with van der Waals surface area (Å²) in [6, 6.07) is 5.45. The van der Waals surface area contributed by atoms with Crippen LogP contribution in [0.4, 0.5) is 5.69 Å². The van der Waals surface area contributed by atoms with Crippen LogP contribution in [0.1, 0.15) is 12.8 Å². The molecule has 0 radical (unpaired) electrons. The number of ether oxygens (including phenoxy) is 3. The number of carbonyl (C=O) groups excluding carboxylic acids is 1. The molecule has 0 N–H and O–H groups in total. The van der Waals surface area contributed by atoms with Crippen molar-refractivity contribution in [2.75, 3.05) is 52.5 Å². The van der Waals surface area contributed by atoms with Gasteiger partial charge >= 0.3 is 0 Å². The van der Waals surface area contributed by atoms with E-state index >= 15 is 0 Å². The molecule has 1 aromatic carbocycles. The second kappa shape index (κ2) is 7.89. The first-order chi connectivity index (χ1) is 12.1. The van der Waals surface area contributed by atoms with Gasteiger partial charge in [-0.2, -0.15) is 0 Å². The quantitative estimate of drug-likeness (QED) is 0.738. The largest absolute Gasteiger partial charge is 0.497 e. The van der Waals surface area contributed by atoms with Gasteiger partial charge in [0.2, 0.25) is 5.91 Å². The van der Waals surface area contributed by atoms with Crippen molar-refractivity contribution in [3.8, 4) is 11.5 Å². The summed E-state index contributed by atoms with van der Waals surface area (Å²) in [6.07, 6.45) is 3.99. The second-order valence-corrected chi connectivity index (χ2v) is 6.48. The zero-order chi connectivity index (χ0) is 17.8. The SMILES string of the molecule is COc1cc(OC)cc(N2CCC(N(C)CC3=CCCOC3)C2=O)c1. The van der Waals surface area contributed by atoms with Crippen molar-refractivity contribution in [2.24, 2.45) is 0 Å². The molecule has 3 rings (SSSR count). The fourth-order valence-electron chi connectivity index (χ4n) is 3.43. The van der Waals surface area contributed by atoms with Gasteiger partial charge in [0, 0.05) is 31.3 Å². The van der Waals surface area contributed by atoms with E-state index in [0.717, 1.165) is 31.7 Å². The molecule has 1 fully saturated rings. The lowest BCUT2D eigenvalue weighted by molar-refractivity contribution is -0.121. The van der Waals surface area contributed by atoms with Crippen molar-refractivity contribution in [2.45, 2.75) is 18.9 Å². The second-order valence-electron chi connectivity index (χ2n) is 6.48. The maximum absolute atomic E-state index is 12.9. The van der Waals surface area contributed by atoms with E-state index in [-0.39, 0.29) is 11.9 Å². The van der Waals surface area contributed by atoms with Crippen molar-refractivity contribution >= 4 is 11.6 Å². The monoisotopic (exact) mass is 346 g/mol. The van der Waals surface area contributed by atoms with E-state index in [2.05, 4.69) is 11.0 Å². The van der Waals surface area contributed by atoms with Crippen LogP contribution < -0.4 is 14.4 Å². The third-order valence-corrected chi connectivity index (χ3v) is 4.79. The Kier molecular flexibility index (Phi) is 5.60. The molecule has 1 amide bonds. The maximum atomic E-state index is 12.9. The molecule has 2 heterocycles. The molecule has 6 heteroatoms. The lowest BCUT2D eigenvalue weighted by Gasteiger charge is -2.26. The van der Waals surface area contributed by atoms with Crippen LogP contribution in [-0.4, -0.2) is 64.4 Å². The summed E-state index contributed by atoms with van der Waals surface area (Å²) in [5, 5.41) is 0. The van der Waals surface area contributed by atoms with Gasteiger partial charge in [0.25, 0.3) is 0 Å². The summed E-state index contributed by atoms with van der Waals surface area (Å²) in [6.45, 7) is 2.93. The normalized spacial score (nSPS) is 20.8. The number of amides is 1. The van der Waals surface area contributed by atoms with E-state index in [1.54, 1.807) is 14.2 Å². The Balaban J connectivity index is 1.72. The predicted molar refractivity (Wildman–Crippen MR) is 96.5 cm³/mol. The number of nitrogens with zero attached hydrogens (tertiary/aromatic N) is 2. The first kappa shape index (κ1) is 17.8. The number of anilines is 1. The van der Waals surface area contributed by atoms with Crippen LogP contribution in [0, 0.1) is 0 Å². The van der Waals surface area contributed by atoms with Crippen molar-refractivity contribution < 1.29 is 19.0 Å². The minimum atomic E-state index is -0.111. The third-order valence-electron chi connectivity index (χ3n) is 4.79. The highest BCUT2D eigenvalue weighted by molar-refractivity contribution is 5.99. The fourth-order valence-corrected chi connectivity index (χ4v) is 3.43. The van der Waals surface area contributed by atoms with E-state index in [0.29, 0.717) is 24.7 Å².